The van der Waals surface area contributed by atoms with Crippen molar-refractivity contribution in [3.05, 3.63) is 65.2 Å². The van der Waals surface area contributed by atoms with Gasteiger partial charge in [-0.05, 0) is 54.5 Å². The van der Waals surface area contributed by atoms with E-state index in [0.717, 1.165) is 29.7 Å². The van der Waals surface area contributed by atoms with Gasteiger partial charge in [-0.15, -0.1) is 0 Å². The third kappa shape index (κ3) is 1.92. The molecule has 2 aromatic carbocycles. The van der Waals surface area contributed by atoms with Gasteiger partial charge in [-0.25, -0.2) is 0 Å². The molecule has 0 bridgehead atoms. The van der Waals surface area contributed by atoms with E-state index >= 15 is 0 Å². The van der Waals surface area contributed by atoms with Crippen molar-refractivity contribution >= 4 is 0 Å². The van der Waals surface area contributed by atoms with Crippen LogP contribution >= 0.6 is 0 Å². The Morgan fingerprint density at radius 3 is 2.50 bits per heavy atom. The Morgan fingerprint density at radius 2 is 1.75 bits per heavy atom. The molecule has 4 rings (SSSR count). The largest absolute Gasteiger partial charge is 0.490 e. The summed E-state index contributed by atoms with van der Waals surface area (Å²) in [4.78, 5) is 0. The lowest BCUT2D eigenvalue weighted by molar-refractivity contribution is 0.0829. The first-order valence-electron chi connectivity index (χ1n) is 7.34. The van der Waals surface area contributed by atoms with E-state index in [4.69, 9.17) is 4.74 Å². The second kappa shape index (κ2) is 4.35. The van der Waals surface area contributed by atoms with Gasteiger partial charge in [0.15, 0.2) is 0 Å². The summed E-state index contributed by atoms with van der Waals surface area (Å²) in [6.07, 6.45) is 4.44. The van der Waals surface area contributed by atoms with Gasteiger partial charge in [-0.1, -0.05) is 36.4 Å². The van der Waals surface area contributed by atoms with Crippen LogP contribution in [-0.4, -0.2) is 11.2 Å². The first kappa shape index (κ1) is 12.0. The van der Waals surface area contributed by atoms with Crippen LogP contribution in [0.25, 0.3) is 0 Å². The zero-order valence-corrected chi connectivity index (χ0v) is 11.4. The van der Waals surface area contributed by atoms with Gasteiger partial charge >= 0.3 is 0 Å². The van der Waals surface area contributed by atoms with Crippen LogP contribution in [0, 0.1) is 0 Å². The predicted octanol–water partition coefficient (Wildman–Crippen LogP) is 3.41. The van der Waals surface area contributed by atoms with E-state index in [2.05, 4.69) is 6.07 Å². The molecule has 1 fully saturated rings. The average molecular weight is 266 g/mol. The summed E-state index contributed by atoms with van der Waals surface area (Å²) in [5.41, 5.74) is 2.43. The highest BCUT2D eigenvalue weighted by Crippen LogP contribution is 2.42. The molecule has 0 radical (unpaired) electrons. The molecule has 0 aromatic heterocycles. The van der Waals surface area contributed by atoms with Gasteiger partial charge in [0.25, 0.3) is 0 Å². The number of aryl methyl sites for hydroxylation is 1. The standard InChI is InChI=1S/C18H18O2/c19-18(12-11-13-3-1-2-4-17(13)18)14-5-7-15(8-6-14)20-16-9-10-16/h1-8,16,19H,9-12H2. The Kier molecular flexibility index (Phi) is 2.61. The van der Waals surface area contributed by atoms with E-state index in [9.17, 15) is 5.11 Å². The average Bonchev–Trinajstić information content (AvgIpc) is 3.23. The van der Waals surface area contributed by atoms with E-state index in [1.54, 1.807) is 0 Å². The summed E-state index contributed by atoms with van der Waals surface area (Å²) in [6, 6.07) is 16.1. The Hall–Kier alpha value is -1.80. The van der Waals surface area contributed by atoms with Crippen LogP contribution in [0.1, 0.15) is 36.0 Å². The van der Waals surface area contributed by atoms with Crippen LogP contribution in [0.4, 0.5) is 0 Å². The molecule has 0 saturated heterocycles. The molecule has 1 unspecified atom stereocenters. The van der Waals surface area contributed by atoms with Crippen molar-refractivity contribution < 1.29 is 9.84 Å². The minimum atomic E-state index is -0.839. The monoisotopic (exact) mass is 266 g/mol. The summed E-state index contributed by atoms with van der Waals surface area (Å²) in [5, 5.41) is 11.1. The number of ether oxygens (including phenoxy) is 1. The lowest BCUT2D eigenvalue weighted by Gasteiger charge is -2.25. The molecule has 2 heteroatoms. The molecule has 1 saturated carbocycles. The van der Waals surface area contributed by atoms with Crippen LogP contribution in [0.5, 0.6) is 5.75 Å². The van der Waals surface area contributed by atoms with Crippen LogP contribution in [-0.2, 0) is 12.0 Å². The molecule has 0 aliphatic heterocycles. The molecular formula is C18H18O2. The smallest absolute Gasteiger partial charge is 0.119 e. The Morgan fingerprint density at radius 1 is 1.00 bits per heavy atom. The summed E-state index contributed by atoms with van der Waals surface area (Å²) in [6.45, 7) is 0. The summed E-state index contributed by atoms with van der Waals surface area (Å²) in [5.74, 6) is 0.908. The maximum atomic E-state index is 11.1. The molecule has 2 aliphatic rings. The van der Waals surface area contributed by atoms with E-state index in [1.807, 2.05) is 42.5 Å². The second-order valence-corrected chi connectivity index (χ2v) is 5.86. The van der Waals surface area contributed by atoms with Crippen LogP contribution in [0.3, 0.4) is 0 Å². The molecule has 0 amide bonds. The Bertz CT molecular complexity index is 628. The van der Waals surface area contributed by atoms with Crippen molar-refractivity contribution in [3.63, 3.8) is 0 Å². The fraction of sp³-hybridized carbons (Fsp3) is 0.333. The van der Waals surface area contributed by atoms with Gasteiger partial charge in [0.05, 0.1) is 6.10 Å². The van der Waals surface area contributed by atoms with Gasteiger partial charge in [0, 0.05) is 0 Å². The lowest BCUT2D eigenvalue weighted by atomic mass is 9.88. The number of hydrogen-bond donors (Lipinski definition) is 1. The first-order chi connectivity index (χ1) is 9.75. The number of aliphatic hydroxyl groups is 1. The molecule has 102 valence electrons. The zero-order chi connectivity index (χ0) is 13.6. The first-order valence-corrected chi connectivity index (χ1v) is 7.34. The Labute approximate surface area is 119 Å². The summed E-state index contributed by atoms with van der Waals surface area (Å²) < 4.78 is 5.76. The van der Waals surface area contributed by atoms with Gasteiger partial charge in [-0.3, -0.25) is 0 Å². The molecule has 2 nitrogen and oxygen atoms in total. The highest BCUT2D eigenvalue weighted by atomic mass is 16.5. The van der Waals surface area contributed by atoms with E-state index in [1.165, 1.54) is 18.4 Å². The molecule has 1 atom stereocenters. The Balaban J connectivity index is 1.66. The molecule has 1 N–H and O–H groups in total. The van der Waals surface area contributed by atoms with Gasteiger partial charge in [-0.2, -0.15) is 0 Å². The quantitative estimate of drug-likeness (QED) is 0.922. The lowest BCUT2D eigenvalue weighted by Crippen LogP contribution is -2.23. The molecule has 2 aliphatic carbocycles. The fourth-order valence-corrected chi connectivity index (χ4v) is 3.08. The van der Waals surface area contributed by atoms with Crippen LogP contribution < -0.4 is 4.74 Å². The minimum absolute atomic E-state index is 0.413. The van der Waals surface area contributed by atoms with Crippen molar-refractivity contribution in [1.82, 2.24) is 0 Å². The van der Waals surface area contributed by atoms with Gasteiger partial charge in [0.2, 0.25) is 0 Å². The molecular weight excluding hydrogens is 248 g/mol. The molecule has 0 spiro atoms. The number of benzene rings is 2. The van der Waals surface area contributed by atoms with Crippen LogP contribution in [0.2, 0.25) is 0 Å². The molecule has 2 aromatic rings. The SMILES string of the molecule is OC1(c2ccc(OC3CC3)cc2)CCc2ccccc21. The third-order valence-electron chi connectivity index (χ3n) is 4.38. The predicted molar refractivity (Wildman–Crippen MR) is 77.9 cm³/mol. The minimum Gasteiger partial charge on any atom is -0.490 e. The van der Waals surface area contributed by atoms with Gasteiger partial charge < -0.3 is 9.84 Å². The highest BCUT2D eigenvalue weighted by molar-refractivity contribution is 5.46. The van der Waals surface area contributed by atoms with Crippen molar-refractivity contribution in [3.8, 4) is 5.75 Å². The van der Waals surface area contributed by atoms with Crippen molar-refractivity contribution in [2.24, 2.45) is 0 Å². The summed E-state index contributed by atoms with van der Waals surface area (Å²) in [7, 11) is 0. The van der Waals surface area contributed by atoms with E-state index in [-0.39, 0.29) is 0 Å². The van der Waals surface area contributed by atoms with Crippen molar-refractivity contribution in [2.45, 2.75) is 37.4 Å². The van der Waals surface area contributed by atoms with E-state index in [0.29, 0.717) is 6.10 Å². The topological polar surface area (TPSA) is 29.5 Å². The molecule has 0 heterocycles. The van der Waals surface area contributed by atoms with Crippen LogP contribution in [0.15, 0.2) is 48.5 Å². The van der Waals surface area contributed by atoms with Crippen molar-refractivity contribution in [1.29, 1.82) is 0 Å². The maximum absolute atomic E-state index is 11.1. The van der Waals surface area contributed by atoms with E-state index < -0.39 is 5.60 Å². The maximum Gasteiger partial charge on any atom is 0.119 e. The second-order valence-electron chi connectivity index (χ2n) is 5.86. The highest BCUT2D eigenvalue weighted by Gasteiger charge is 2.37. The van der Waals surface area contributed by atoms with Crippen molar-refractivity contribution in [2.75, 3.05) is 0 Å². The number of rotatable bonds is 3. The zero-order valence-electron chi connectivity index (χ0n) is 11.4. The number of hydrogen-bond acceptors (Lipinski definition) is 2. The third-order valence-corrected chi connectivity index (χ3v) is 4.38. The van der Waals surface area contributed by atoms with Gasteiger partial charge in [0.1, 0.15) is 11.4 Å². The number of fused-ring (bicyclic) bond motifs is 1. The molecule has 20 heavy (non-hydrogen) atoms. The summed E-state index contributed by atoms with van der Waals surface area (Å²) >= 11 is 0. The normalized spacial score (nSPS) is 24.4. The fourth-order valence-electron chi connectivity index (χ4n) is 3.08.